The van der Waals surface area contributed by atoms with Gasteiger partial charge in [-0.05, 0) is 107 Å². The number of hydrogen-bond donors (Lipinski definition) is 1. The van der Waals surface area contributed by atoms with Gasteiger partial charge in [-0.15, -0.1) is 0 Å². The summed E-state index contributed by atoms with van der Waals surface area (Å²) in [5.74, 6) is 1.07. The molecule has 0 saturated heterocycles. The van der Waals surface area contributed by atoms with Crippen LogP contribution in [0.15, 0.2) is 64.3 Å². The summed E-state index contributed by atoms with van der Waals surface area (Å²) in [5.41, 5.74) is 2.49. The van der Waals surface area contributed by atoms with Gasteiger partial charge in [0, 0.05) is 36.5 Å². The van der Waals surface area contributed by atoms with Gasteiger partial charge >= 0.3 is 0 Å². The number of nitrogens with zero attached hydrogens (tertiary/aromatic N) is 3. The van der Waals surface area contributed by atoms with E-state index in [9.17, 15) is 19.1 Å². The van der Waals surface area contributed by atoms with Crippen LogP contribution in [0.4, 0.5) is 4.39 Å². The third kappa shape index (κ3) is 6.57. The number of rotatable bonds is 7. The Morgan fingerprint density at radius 3 is 2.21 bits per heavy atom. The zero-order valence-electron chi connectivity index (χ0n) is 25.5. The number of aromatic nitrogens is 3. The summed E-state index contributed by atoms with van der Waals surface area (Å²) < 4.78 is 30.0. The molecule has 8 nitrogen and oxygen atoms in total. The molecule has 0 aliphatic heterocycles. The van der Waals surface area contributed by atoms with Crippen molar-refractivity contribution < 1.29 is 19.0 Å². The van der Waals surface area contributed by atoms with Crippen LogP contribution in [0.2, 0.25) is 0 Å². The molecular formula is C34H38FN3O5. The van der Waals surface area contributed by atoms with Gasteiger partial charge in [0.15, 0.2) is 0 Å². The molecule has 5 rings (SSSR count). The van der Waals surface area contributed by atoms with Gasteiger partial charge in [0.2, 0.25) is 0 Å². The third-order valence-electron chi connectivity index (χ3n) is 8.05. The molecule has 0 atom stereocenters. The molecular weight excluding hydrogens is 549 g/mol. The van der Waals surface area contributed by atoms with Gasteiger partial charge < -0.3 is 19.1 Å². The second-order valence-electron chi connectivity index (χ2n) is 12.0. The van der Waals surface area contributed by atoms with E-state index >= 15 is 0 Å². The van der Waals surface area contributed by atoms with Crippen molar-refractivity contribution in [2.45, 2.75) is 78.0 Å². The van der Waals surface area contributed by atoms with Crippen LogP contribution in [0.5, 0.6) is 17.2 Å². The maximum absolute atomic E-state index is 14.0. The number of halogens is 1. The molecule has 1 N–H and O–H groups in total. The molecule has 9 heteroatoms. The van der Waals surface area contributed by atoms with E-state index < -0.39 is 5.60 Å². The lowest BCUT2D eigenvalue weighted by atomic mass is 9.92. The number of pyridine rings is 1. The standard InChI is InChI=1S/C34H38FN3O5/c1-20-15-24(35)16-21(2)33(20)43-29-13-8-23(34(4,5)41)17-27(29)28-19-37(6)32(40)18-30(28)42-26-11-9-25(10-12-26)38-31(39)14-7-22(3)36-38/h7-8,13-19,25-26,41H,9-12H2,1-6H3. The SMILES string of the molecule is Cc1ccc(=O)n(C2CCC(Oc3cc(=O)n(C)cc3-c3cc(C(C)(C)O)ccc3Oc3c(C)cc(F)cc3C)CC2)n1. The molecule has 4 aromatic rings. The lowest BCUT2D eigenvalue weighted by Crippen LogP contribution is -2.33. The largest absolute Gasteiger partial charge is 0.490 e. The average Bonchev–Trinajstić information content (AvgIpc) is 2.94. The highest BCUT2D eigenvalue weighted by Gasteiger charge is 2.27. The van der Waals surface area contributed by atoms with Crippen molar-refractivity contribution in [3.8, 4) is 28.4 Å². The molecule has 0 radical (unpaired) electrons. The molecule has 2 aromatic heterocycles. The molecule has 43 heavy (non-hydrogen) atoms. The molecule has 1 aliphatic carbocycles. The van der Waals surface area contributed by atoms with Crippen molar-refractivity contribution in [2.24, 2.45) is 7.05 Å². The van der Waals surface area contributed by atoms with E-state index in [4.69, 9.17) is 9.47 Å². The Morgan fingerprint density at radius 2 is 1.56 bits per heavy atom. The van der Waals surface area contributed by atoms with Crippen LogP contribution in [0, 0.1) is 26.6 Å². The number of aryl methyl sites for hydroxylation is 4. The zero-order chi connectivity index (χ0) is 31.1. The molecule has 2 aromatic carbocycles. The monoisotopic (exact) mass is 587 g/mol. The molecule has 2 heterocycles. The van der Waals surface area contributed by atoms with Crippen LogP contribution in [0.3, 0.4) is 0 Å². The molecule has 0 bridgehead atoms. The number of benzene rings is 2. The summed E-state index contributed by atoms with van der Waals surface area (Å²) in [4.78, 5) is 25.2. The summed E-state index contributed by atoms with van der Waals surface area (Å²) in [7, 11) is 1.67. The van der Waals surface area contributed by atoms with Gasteiger partial charge in [-0.25, -0.2) is 9.07 Å². The molecule has 226 valence electrons. The van der Waals surface area contributed by atoms with E-state index in [0.717, 1.165) is 5.69 Å². The first-order valence-electron chi connectivity index (χ1n) is 14.6. The van der Waals surface area contributed by atoms with Gasteiger partial charge in [0.05, 0.1) is 23.4 Å². The van der Waals surface area contributed by atoms with E-state index in [-0.39, 0.29) is 29.1 Å². The van der Waals surface area contributed by atoms with Gasteiger partial charge in [0.25, 0.3) is 11.1 Å². The van der Waals surface area contributed by atoms with E-state index in [1.54, 1.807) is 69.9 Å². The first-order chi connectivity index (χ1) is 20.3. The normalized spacial score (nSPS) is 17.1. The predicted octanol–water partition coefficient (Wildman–Crippen LogP) is 6.26. The Hall–Kier alpha value is -4.24. The van der Waals surface area contributed by atoms with Crippen LogP contribution >= 0.6 is 0 Å². The molecule has 1 saturated carbocycles. The fourth-order valence-corrected chi connectivity index (χ4v) is 5.66. The summed E-state index contributed by atoms with van der Waals surface area (Å²) in [6.45, 7) is 8.84. The van der Waals surface area contributed by atoms with Crippen LogP contribution < -0.4 is 20.6 Å². The molecule has 0 unspecified atom stereocenters. The minimum absolute atomic E-state index is 0.0129. The van der Waals surface area contributed by atoms with Gasteiger partial charge in [-0.3, -0.25) is 9.59 Å². The molecule has 0 amide bonds. The number of ether oxygens (including phenoxy) is 2. The first-order valence-corrected chi connectivity index (χ1v) is 14.6. The van der Waals surface area contributed by atoms with Crippen molar-refractivity contribution in [1.29, 1.82) is 0 Å². The van der Waals surface area contributed by atoms with Crippen LogP contribution in [0.25, 0.3) is 11.1 Å². The van der Waals surface area contributed by atoms with E-state index in [1.165, 1.54) is 22.8 Å². The number of aliphatic hydroxyl groups is 1. The van der Waals surface area contributed by atoms with Gasteiger partial charge in [-0.1, -0.05) is 6.07 Å². The summed E-state index contributed by atoms with van der Waals surface area (Å²) >= 11 is 0. The van der Waals surface area contributed by atoms with Crippen LogP contribution in [-0.4, -0.2) is 25.6 Å². The van der Waals surface area contributed by atoms with Crippen molar-refractivity contribution in [3.05, 3.63) is 104 Å². The fourth-order valence-electron chi connectivity index (χ4n) is 5.66. The lowest BCUT2D eigenvalue weighted by molar-refractivity contribution is 0.0786. The van der Waals surface area contributed by atoms with Crippen molar-refractivity contribution >= 4 is 0 Å². The molecule has 1 fully saturated rings. The average molecular weight is 588 g/mol. The highest BCUT2D eigenvalue weighted by Crippen LogP contribution is 2.42. The zero-order valence-corrected chi connectivity index (χ0v) is 25.5. The van der Waals surface area contributed by atoms with Crippen LogP contribution in [-0.2, 0) is 12.6 Å². The predicted molar refractivity (Wildman–Crippen MR) is 163 cm³/mol. The topological polar surface area (TPSA) is 95.6 Å². The first kappa shape index (κ1) is 30.2. The summed E-state index contributed by atoms with van der Waals surface area (Å²) in [6.07, 6.45) is 4.33. The number of hydrogen-bond acceptors (Lipinski definition) is 6. The minimum Gasteiger partial charge on any atom is -0.490 e. The van der Waals surface area contributed by atoms with E-state index in [1.807, 2.05) is 13.0 Å². The molecule has 1 aliphatic rings. The van der Waals surface area contributed by atoms with Crippen molar-refractivity contribution in [3.63, 3.8) is 0 Å². The van der Waals surface area contributed by atoms with Crippen molar-refractivity contribution in [2.75, 3.05) is 0 Å². The smallest absolute Gasteiger partial charge is 0.267 e. The Morgan fingerprint density at radius 1 is 0.884 bits per heavy atom. The summed E-state index contributed by atoms with van der Waals surface area (Å²) in [5, 5.41) is 15.3. The lowest BCUT2D eigenvalue weighted by Gasteiger charge is -2.30. The highest BCUT2D eigenvalue weighted by atomic mass is 19.1. The minimum atomic E-state index is -1.14. The Bertz CT molecular complexity index is 1760. The Balaban J connectivity index is 1.52. The molecule has 0 spiro atoms. The van der Waals surface area contributed by atoms with E-state index in [2.05, 4.69) is 5.10 Å². The van der Waals surface area contributed by atoms with Gasteiger partial charge in [-0.2, -0.15) is 5.10 Å². The second kappa shape index (κ2) is 11.8. The van der Waals surface area contributed by atoms with Crippen LogP contribution in [0.1, 0.15) is 68.0 Å². The maximum atomic E-state index is 14.0. The second-order valence-corrected chi connectivity index (χ2v) is 12.0. The summed E-state index contributed by atoms with van der Waals surface area (Å²) in [6, 6.07) is 13.0. The fraction of sp³-hybridized carbons (Fsp3) is 0.382. The Kier molecular flexibility index (Phi) is 8.29. The van der Waals surface area contributed by atoms with Crippen molar-refractivity contribution in [1.82, 2.24) is 14.3 Å². The third-order valence-corrected chi connectivity index (χ3v) is 8.05. The maximum Gasteiger partial charge on any atom is 0.267 e. The van der Waals surface area contributed by atoms with Gasteiger partial charge in [0.1, 0.15) is 23.1 Å². The van der Waals surface area contributed by atoms with E-state index in [0.29, 0.717) is 70.7 Å². The Labute approximate surface area is 250 Å². The highest BCUT2D eigenvalue weighted by molar-refractivity contribution is 5.76. The quantitative estimate of drug-likeness (QED) is 0.274.